The van der Waals surface area contributed by atoms with Gasteiger partial charge in [-0.1, -0.05) is 13.0 Å². The molecular formula is C26H24F3N5O3. The number of carbonyl (C=O) groups excluding carboxylic acids is 1. The van der Waals surface area contributed by atoms with Crippen LogP contribution in [0.25, 0.3) is 0 Å². The number of nitrogens with zero attached hydrogens (tertiary/aromatic N) is 4. The third kappa shape index (κ3) is 3.63. The predicted octanol–water partition coefficient (Wildman–Crippen LogP) is 4.24. The number of fused-ring (bicyclic) bond motifs is 5. The van der Waals surface area contributed by atoms with Crippen LogP contribution in [0.2, 0.25) is 0 Å². The normalized spacial score (nSPS) is 25.5. The van der Waals surface area contributed by atoms with Gasteiger partial charge in [0.05, 0.1) is 42.7 Å². The lowest BCUT2D eigenvalue weighted by molar-refractivity contribution is -0.138. The maximum Gasteiger partial charge on any atom is 0.406 e. The number of pyridine rings is 1. The summed E-state index contributed by atoms with van der Waals surface area (Å²) in [4.78, 5) is 23.4. The molecule has 2 bridgehead atoms. The maximum absolute atomic E-state index is 13.9. The van der Waals surface area contributed by atoms with E-state index in [0.29, 0.717) is 30.2 Å². The van der Waals surface area contributed by atoms with Gasteiger partial charge < -0.3 is 29.5 Å². The minimum Gasteiger partial charge on any atom is -0.460 e. The quantitative estimate of drug-likeness (QED) is 0.616. The van der Waals surface area contributed by atoms with E-state index < -0.39 is 18.6 Å². The summed E-state index contributed by atoms with van der Waals surface area (Å²) in [6.07, 6.45) is 0.972. The summed E-state index contributed by atoms with van der Waals surface area (Å²) in [6.45, 7) is 1.94. The fourth-order valence-corrected chi connectivity index (χ4v) is 5.82. The number of hydrogen-bond donors (Lipinski definition) is 1. The van der Waals surface area contributed by atoms with Crippen LogP contribution in [0.4, 0.5) is 36.1 Å². The van der Waals surface area contributed by atoms with Gasteiger partial charge in [-0.2, -0.15) is 13.2 Å². The number of aromatic nitrogens is 1. The lowest BCUT2D eigenvalue weighted by atomic mass is 9.95. The number of halogens is 3. The van der Waals surface area contributed by atoms with Crippen LogP contribution in [0.3, 0.4) is 0 Å². The van der Waals surface area contributed by atoms with Gasteiger partial charge in [0.2, 0.25) is 5.91 Å². The molecule has 0 aliphatic carbocycles. The van der Waals surface area contributed by atoms with Gasteiger partial charge >= 0.3 is 6.18 Å². The number of benzene rings is 1. The number of ether oxygens (including phenoxy) is 2. The summed E-state index contributed by atoms with van der Waals surface area (Å²) in [5.74, 6) is 0.0911. The van der Waals surface area contributed by atoms with E-state index in [0.717, 1.165) is 28.3 Å². The van der Waals surface area contributed by atoms with Crippen molar-refractivity contribution in [3.8, 4) is 0 Å². The Labute approximate surface area is 210 Å². The molecule has 5 aliphatic rings. The summed E-state index contributed by atoms with van der Waals surface area (Å²) in [5, 5.41) is 3.36. The van der Waals surface area contributed by atoms with Crippen molar-refractivity contribution in [1.82, 2.24) is 9.88 Å². The zero-order valence-corrected chi connectivity index (χ0v) is 19.9. The highest BCUT2D eigenvalue weighted by atomic mass is 19.4. The van der Waals surface area contributed by atoms with E-state index in [1.54, 1.807) is 11.1 Å². The smallest absolute Gasteiger partial charge is 0.406 e. The number of rotatable bonds is 4. The van der Waals surface area contributed by atoms with Crippen LogP contribution < -0.4 is 15.1 Å². The molecule has 37 heavy (non-hydrogen) atoms. The van der Waals surface area contributed by atoms with E-state index in [1.165, 1.54) is 12.4 Å². The van der Waals surface area contributed by atoms with Crippen LogP contribution in [0.5, 0.6) is 0 Å². The highest BCUT2D eigenvalue weighted by Crippen LogP contribution is 2.48. The number of alkyl halides is 3. The first-order chi connectivity index (χ1) is 17.8. The van der Waals surface area contributed by atoms with E-state index in [4.69, 9.17) is 9.47 Å². The molecule has 3 fully saturated rings. The first-order valence-corrected chi connectivity index (χ1v) is 12.3. The molecule has 1 aromatic carbocycles. The predicted molar refractivity (Wildman–Crippen MR) is 129 cm³/mol. The third-order valence-corrected chi connectivity index (χ3v) is 7.56. The van der Waals surface area contributed by atoms with Gasteiger partial charge in [0.15, 0.2) is 5.92 Å². The molecule has 1 N–H and O–H groups in total. The molecule has 1 unspecified atom stereocenters. The summed E-state index contributed by atoms with van der Waals surface area (Å²) in [5.41, 5.74) is 3.27. The van der Waals surface area contributed by atoms with E-state index in [9.17, 15) is 18.0 Å². The summed E-state index contributed by atoms with van der Waals surface area (Å²) >= 11 is 0. The first-order valence-electron chi connectivity index (χ1n) is 12.3. The van der Waals surface area contributed by atoms with Crippen LogP contribution >= 0.6 is 0 Å². The van der Waals surface area contributed by atoms with Crippen LogP contribution in [-0.4, -0.2) is 53.3 Å². The Morgan fingerprint density at radius 2 is 2.03 bits per heavy atom. The zero-order chi connectivity index (χ0) is 25.5. The highest BCUT2D eigenvalue weighted by Gasteiger charge is 2.57. The topological polar surface area (TPSA) is 69.9 Å². The monoisotopic (exact) mass is 511 g/mol. The minimum atomic E-state index is -4.36. The molecule has 192 valence electrons. The van der Waals surface area contributed by atoms with E-state index in [-0.39, 0.29) is 30.1 Å². The van der Waals surface area contributed by atoms with Gasteiger partial charge in [-0.25, -0.2) is 4.98 Å². The standard InChI is InChI=1S/C26H24F3N5O3/c1-2-19-23-18(12-36-19)34(23)15-5-6-16-17(8-15)33(9-14-4-3-7-30-24(14)31-16)25(35)22-20-10-32(11-21(22)37-20)13-26(27,28)29/h3-8,10-11,18-19,22-23H,2,9,12-13H2,1H3,(H,30,31)/t18-,19+,23?,34?/m1/s1. The average Bonchev–Trinajstić information content (AvgIpc) is 3.46. The van der Waals surface area contributed by atoms with Crippen molar-refractivity contribution in [2.75, 3.05) is 28.3 Å². The minimum absolute atomic E-state index is 0.193. The van der Waals surface area contributed by atoms with Crippen molar-refractivity contribution in [3.63, 3.8) is 0 Å². The van der Waals surface area contributed by atoms with Crippen LogP contribution in [0, 0.1) is 5.92 Å². The number of amides is 1. The SMILES string of the molecule is CC[C@@H]1OC[C@@H]2C1N2c1ccc2c(c1)N(C(=O)C1C3=CN(CC(F)(F)F)C=C1O3)Cc1cccnc1N2. The molecule has 0 spiro atoms. The summed E-state index contributed by atoms with van der Waals surface area (Å²) in [7, 11) is 0. The molecule has 1 aromatic heterocycles. The molecule has 5 aliphatic heterocycles. The molecular weight excluding hydrogens is 487 g/mol. The van der Waals surface area contributed by atoms with Crippen molar-refractivity contribution >= 4 is 28.8 Å². The number of morpholine rings is 1. The number of hydrogen-bond acceptors (Lipinski definition) is 7. The second kappa shape index (κ2) is 7.88. The fraction of sp³-hybridized carbons (Fsp3) is 0.385. The first kappa shape index (κ1) is 22.5. The Morgan fingerprint density at radius 3 is 2.78 bits per heavy atom. The second-order valence-electron chi connectivity index (χ2n) is 9.89. The molecule has 0 saturated carbocycles. The average molecular weight is 512 g/mol. The summed E-state index contributed by atoms with van der Waals surface area (Å²) in [6, 6.07) is 10.4. The second-order valence-corrected chi connectivity index (χ2v) is 9.89. The largest absolute Gasteiger partial charge is 0.460 e. The van der Waals surface area contributed by atoms with E-state index >= 15 is 0 Å². The third-order valence-electron chi connectivity index (χ3n) is 7.56. The number of carbonyl (C=O) groups is 1. The number of anilines is 4. The Bertz CT molecular complexity index is 1340. The van der Waals surface area contributed by atoms with Gasteiger partial charge in [0, 0.05) is 29.8 Å². The van der Waals surface area contributed by atoms with Crippen LogP contribution in [0.15, 0.2) is 60.4 Å². The maximum atomic E-state index is 13.9. The molecule has 8 nitrogen and oxygen atoms in total. The van der Waals surface area contributed by atoms with Crippen molar-refractivity contribution < 1.29 is 27.4 Å². The molecule has 0 radical (unpaired) electrons. The molecule has 11 heteroatoms. The Kier molecular flexibility index (Phi) is 4.79. The van der Waals surface area contributed by atoms with Crippen LogP contribution in [0.1, 0.15) is 18.9 Å². The van der Waals surface area contributed by atoms with Crippen molar-refractivity contribution in [2.45, 2.75) is 44.3 Å². The van der Waals surface area contributed by atoms with Crippen molar-refractivity contribution in [3.05, 3.63) is 66.0 Å². The lowest BCUT2D eigenvalue weighted by Gasteiger charge is -2.40. The van der Waals surface area contributed by atoms with Gasteiger partial charge in [-0.15, -0.1) is 0 Å². The van der Waals surface area contributed by atoms with Crippen molar-refractivity contribution in [2.24, 2.45) is 5.92 Å². The van der Waals surface area contributed by atoms with Gasteiger partial charge in [-0.05, 0) is 30.7 Å². The molecule has 2 aromatic rings. The molecule has 1 amide bonds. The highest BCUT2D eigenvalue weighted by molar-refractivity contribution is 6.03. The fourth-order valence-electron chi connectivity index (χ4n) is 5.82. The zero-order valence-electron chi connectivity index (χ0n) is 19.9. The lowest BCUT2D eigenvalue weighted by Crippen LogP contribution is -2.45. The Hall–Kier alpha value is -3.73. The van der Waals surface area contributed by atoms with E-state index in [2.05, 4.69) is 22.1 Å². The molecule has 7 rings (SSSR count). The Balaban J connectivity index is 1.22. The Morgan fingerprint density at radius 1 is 1.22 bits per heavy atom. The molecule has 3 saturated heterocycles. The van der Waals surface area contributed by atoms with Gasteiger partial charge in [0.1, 0.15) is 23.9 Å². The van der Waals surface area contributed by atoms with Crippen LogP contribution in [-0.2, 0) is 20.8 Å². The van der Waals surface area contributed by atoms with Crippen molar-refractivity contribution in [1.29, 1.82) is 0 Å². The van der Waals surface area contributed by atoms with Gasteiger partial charge in [-0.3, -0.25) is 4.79 Å². The molecule has 6 heterocycles. The molecule has 3 atom stereocenters. The van der Waals surface area contributed by atoms with E-state index in [1.807, 2.05) is 30.3 Å². The van der Waals surface area contributed by atoms with Gasteiger partial charge in [0.25, 0.3) is 0 Å². The summed E-state index contributed by atoms with van der Waals surface area (Å²) < 4.78 is 50.0. The number of nitrogens with one attached hydrogen (secondary N) is 1.